The maximum Gasteiger partial charge on any atom is 0.471 e. The molecule has 0 aromatic heterocycles. The van der Waals surface area contributed by atoms with E-state index >= 15 is 0 Å². The second-order valence-electron chi connectivity index (χ2n) is 5.56. The molecule has 0 N–H and O–H groups in total. The van der Waals surface area contributed by atoms with Crippen LogP contribution in [0, 0.1) is 6.92 Å². The minimum Gasteiger partial charge on any atom is -0.327 e. The molecule has 0 saturated carbocycles. The highest BCUT2D eigenvalue weighted by Crippen LogP contribution is 2.30. The lowest BCUT2D eigenvalue weighted by molar-refractivity contribution is -0.188. The molecule has 1 aliphatic heterocycles. The lowest BCUT2D eigenvalue weighted by Gasteiger charge is -2.36. The summed E-state index contributed by atoms with van der Waals surface area (Å²) in [5.74, 6) is -1.88. The summed E-state index contributed by atoms with van der Waals surface area (Å²) >= 11 is 0. The topological polar surface area (TPSA) is 37.4 Å². The molecular weight excluding hydrogens is 327 g/mol. The first-order valence-corrected chi connectivity index (χ1v) is 8.42. The normalized spacial score (nSPS) is 20.2. The van der Waals surface area contributed by atoms with E-state index in [-0.39, 0.29) is 11.4 Å². The van der Waals surface area contributed by atoms with Crippen molar-refractivity contribution in [1.29, 1.82) is 0 Å². The van der Waals surface area contributed by atoms with Gasteiger partial charge in [-0.25, -0.2) is 4.21 Å². The van der Waals surface area contributed by atoms with Crippen molar-refractivity contribution in [3.63, 3.8) is 0 Å². The van der Waals surface area contributed by atoms with Gasteiger partial charge >= 0.3 is 12.1 Å². The minimum absolute atomic E-state index is 0.00707. The Morgan fingerprint density at radius 1 is 1.26 bits per heavy atom. The number of alkyl halides is 3. The molecule has 1 amide bonds. The quantitative estimate of drug-likeness (QED) is 0.840. The van der Waals surface area contributed by atoms with Crippen molar-refractivity contribution in [2.24, 2.45) is 0 Å². The molecule has 1 unspecified atom stereocenters. The summed E-state index contributed by atoms with van der Waals surface area (Å²) in [5, 5.41) is 0. The van der Waals surface area contributed by atoms with Crippen molar-refractivity contribution in [3.8, 4) is 0 Å². The number of likely N-dealkylation sites (tertiary alicyclic amines) is 1. The second kappa shape index (κ2) is 6.86. The zero-order chi connectivity index (χ0) is 17.2. The van der Waals surface area contributed by atoms with Crippen LogP contribution in [0.25, 0.3) is 0 Å². The van der Waals surface area contributed by atoms with Gasteiger partial charge in [-0.1, -0.05) is 24.3 Å². The Hall–Kier alpha value is -1.63. The molecule has 0 bridgehead atoms. The van der Waals surface area contributed by atoms with Crippen LogP contribution in [0.4, 0.5) is 13.2 Å². The number of carbonyl (C=O) groups excluding carboxylic acids is 1. The van der Waals surface area contributed by atoms with Crippen LogP contribution >= 0.6 is 0 Å². The van der Waals surface area contributed by atoms with E-state index in [1.165, 1.54) is 0 Å². The summed E-state index contributed by atoms with van der Waals surface area (Å²) in [6.07, 6.45) is -3.40. The van der Waals surface area contributed by atoms with Crippen molar-refractivity contribution in [1.82, 2.24) is 4.90 Å². The molecule has 23 heavy (non-hydrogen) atoms. The summed E-state index contributed by atoms with van der Waals surface area (Å²) in [7, 11) is -1.65. The van der Waals surface area contributed by atoms with Gasteiger partial charge in [0.25, 0.3) is 0 Å². The van der Waals surface area contributed by atoms with Crippen molar-refractivity contribution in [2.45, 2.75) is 43.3 Å². The van der Waals surface area contributed by atoms with Crippen molar-refractivity contribution >= 4 is 16.7 Å². The average Bonchev–Trinajstić information content (AvgIpc) is 2.52. The lowest BCUT2D eigenvalue weighted by Crippen LogP contribution is -2.50. The third-order valence-electron chi connectivity index (χ3n) is 3.85. The Labute approximate surface area is 135 Å². The molecule has 0 aliphatic carbocycles. The van der Waals surface area contributed by atoms with Gasteiger partial charge < -0.3 is 4.90 Å². The number of carbonyl (C=O) groups is 1. The SMILES string of the molecule is C=C([C@H]1CCCCN1C(=O)C(F)(F)F)S(=O)c1ccc(C)cc1. The fourth-order valence-corrected chi connectivity index (χ4v) is 3.79. The predicted octanol–water partition coefficient (Wildman–Crippen LogP) is 3.56. The molecule has 1 saturated heterocycles. The summed E-state index contributed by atoms with van der Waals surface area (Å²) in [6.45, 7) is 5.62. The Balaban J connectivity index is 2.22. The van der Waals surface area contributed by atoms with Gasteiger partial charge in [-0.15, -0.1) is 0 Å². The molecule has 7 heteroatoms. The van der Waals surface area contributed by atoms with E-state index < -0.39 is 28.9 Å². The van der Waals surface area contributed by atoms with Crippen LogP contribution in [0.2, 0.25) is 0 Å². The number of halogens is 3. The third-order valence-corrected chi connectivity index (χ3v) is 5.30. The smallest absolute Gasteiger partial charge is 0.327 e. The molecule has 1 aliphatic rings. The molecule has 1 fully saturated rings. The molecule has 2 rings (SSSR count). The zero-order valence-corrected chi connectivity index (χ0v) is 13.5. The third kappa shape index (κ3) is 4.02. The molecule has 1 aromatic rings. The van der Waals surface area contributed by atoms with Gasteiger partial charge in [0.1, 0.15) is 0 Å². The molecular formula is C16H18F3NO2S. The summed E-state index contributed by atoms with van der Waals surface area (Å²) < 4.78 is 50.8. The maximum atomic E-state index is 12.7. The number of hydrogen-bond acceptors (Lipinski definition) is 2. The van der Waals surface area contributed by atoms with Crippen LogP contribution in [0.1, 0.15) is 24.8 Å². The number of benzene rings is 1. The molecule has 1 heterocycles. The van der Waals surface area contributed by atoms with E-state index in [2.05, 4.69) is 6.58 Å². The van der Waals surface area contributed by atoms with Crippen molar-refractivity contribution < 1.29 is 22.2 Å². The molecule has 0 spiro atoms. The van der Waals surface area contributed by atoms with Crippen LogP contribution in [0.15, 0.2) is 40.6 Å². The number of amides is 1. The largest absolute Gasteiger partial charge is 0.471 e. The summed E-state index contributed by atoms with van der Waals surface area (Å²) in [4.78, 5) is 13.0. The van der Waals surface area contributed by atoms with Gasteiger partial charge in [0, 0.05) is 16.3 Å². The van der Waals surface area contributed by atoms with E-state index in [4.69, 9.17) is 0 Å². The van der Waals surface area contributed by atoms with Crippen LogP contribution in [-0.2, 0) is 15.6 Å². The maximum absolute atomic E-state index is 12.7. The fourth-order valence-electron chi connectivity index (χ4n) is 2.61. The summed E-state index contributed by atoms with van der Waals surface area (Å²) in [5.41, 5.74) is 0.989. The first kappa shape index (κ1) is 17.7. The first-order valence-electron chi connectivity index (χ1n) is 7.27. The van der Waals surface area contributed by atoms with E-state index in [0.717, 1.165) is 10.5 Å². The van der Waals surface area contributed by atoms with Crippen molar-refractivity contribution in [2.75, 3.05) is 6.54 Å². The summed E-state index contributed by atoms with van der Waals surface area (Å²) in [6, 6.07) is 6.03. The first-order chi connectivity index (χ1) is 10.7. The number of aryl methyl sites for hydroxylation is 1. The van der Waals surface area contributed by atoms with E-state index in [1.54, 1.807) is 24.3 Å². The molecule has 2 atom stereocenters. The Morgan fingerprint density at radius 2 is 1.87 bits per heavy atom. The minimum atomic E-state index is -4.93. The van der Waals surface area contributed by atoms with Gasteiger partial charge in [-0.3, -0.25) is 4.79 Å². The fraction of sp³-hybridized carbons (Fsp3) is 0.438. The molecule has 0 radical (unpaired) electrons. The highest BCUT2D eigenvalue weighted by atomic mass is 32.2. The molecule has 126 valence electrons. The van der Waals surface area contributed by atoms with Gasteiger partial charge in [0.2, 0.25) is 0 Å². The van der Waals surface area contributed by atoms with Crippen LogP contribution in [0.5, 0.6) is 0 Å². The number of hydrogen-bond donors (Lipinski definition) is 0. The number of rotatable bonds is 3. The van der Waals surface area contributed by atoms with Gasteiger partial charge in [0.05, 0.1) is 16.8 Å². The monoisotopic (exact) mass is 345 g/mol. The predicted molar refractivity (Wildman–Crippen MR) is 82.1 cm³/mol. The molecule has 1 aromatic carbocycles. The van der Waals surface area contributed by atoms with E-state index in [0.29, 0.717) is 24.2 Å². The standard InChI is InChI=1S/C16H18F3NO2S/c1-11-6-8-13(9-7-11)23(22)12(2)14-5-3-4-10-20(14)15(21)16(17,18)19/h6-9,14H,2-5,10H2,1H3/t14-,23?/m1/s1. The Kier molecular flexibility index (Phi) is 5.29. The van der Waals surface area contributed by atoms with Gasteiger partial charge in [0.15, 0.2) is 0 Å². The zero-order valence-electron chi connectivity index (χ0n) is 12.7. The Bertz CT molecular complexity index is 625. The van der Waals surface area contributed by atoms with Crippen LogP contribution in [-0.4, -0.2) is 33.8 Å². The highest BCUT2D eigenvalue weighted by molar-refractivity contribution is 7.89. The molecule has 3 nitrogen and oxygen atoms in total. The van der Waals surface area contributed by atoms with E-state index in [9.17, 15) is 22.2 Å². The van der Waals surface area contributed by atoms with Crippen LogP contribution in [0.3, 0.4) is 0 Å². The van der Waals surface area contributed by atoms with Gasteiger partial charge in [-0.2, -0.15) is 13.2 Å². The average molecular weight is 345 g/mol. The Morgan fingerprint density at radius 3 is 2.43 bits per heavy atom. The van der Waals surface area contributed by atoms with E-state index in [1.807, 2.05) is 6.92 Å². The number of nitrogens with zero attached hydrogens (tertiary/aromatic N) is 1. The van der Waals surface area contributed by atoms with Gasteiger partial charge in [-0.05, 0) is 38.3 Å². The van der Waals surface area contributed by atoms with Crippen LogP contribution < -0.4 is 0 Å². The number of piperidine rings is 1. The van der Waals surface area contributed by atoms with Crippen molar-refractivity contribution in [3.05, 3.63) is 41.3 Å². The highest BCUT2D eigenvalue weighted by Gasteiger charge is 2.46. The lowest BCUT2D eigenvalue weighted by atomic mass is 10.0. The second-order valence-corrected chi connectivity index (χ2v) is 7.09.